The average Bonchev–Trinajstić information content (AvgIpc) is 3.50. The molecule has 15 heteroatoms. The maximum Gasteiger partial charge on any atom is 0.246 e. The summed E-state index contributed by atoms with van der Waals surface area (Å²) in [7, 11) is 3.02. The normalized spacial score (nSPS) is 14.5. The lowest BCUT2D eigenvalue weighted by molar-refractivity contribution is -0.127. The standard InChI is InChI=1S/C30H36Cl2N8O5/c1-4-24(43)39-10-8-38(9-11-39)7-5-6-19-16-40-28-18(14-33-30(37-28)34-15-20(42)17-41)12-21(29(40)35-19)36-27-25(31)22(44-2)13-23(45-3)26(27)32/h4,12-14,16,20,36,41-42H,1,5-11,15,17H2,2-3H3,(H,33,34,37). The smallest absolute Gasteiger partial charge is 0.246 e. The van der Waals surface area contributed by atoms with Crippen molar-refractivity contribution in [3.63, 3.8) is 0 Å². The number of ether oxygens (including phenoxy) is 2. The number of piperazine rings is 1. The molecule has 5 rings (SSSR count). The van der Waals surface area contributed by atoms with E-state index < -0.39 is 6.10 Å². The highest BCUT2D eigenvalue weighted by atomic mass is 35.5. The number of imidazole rings is 1. The minimum atomic E-state index is -0.949. The fraction of sp³-hybridized carbons (Fsp3) is 0.400. The Kier molecular flexibility index (Phi) is 10.5. The van der Waals surface area contributed by atoms with Gasteiger partial charge in [-0.3, -0.25) is 14.1 Å². The van der Waals surface area contributed by atoms with E-state index >= 15 is 0 Å². The van der Waals surface area contributed by atoms with Crippen LogP contribution >= 0.6 is 23.2 Å². The highest BCUT2D eigenvalue weighted by molar-refractivity contribution is 6.41. The molecule has 0 spiro atoms. The molecule has 3 aromatic heterocycles. The number of aryl methyl sites for hydroxylation is 1. The summed E-state index contributed by atoms with van der Waals surface area (Å²) >= 11 is 13.4. The molecular formula is C30H36Cl2N8O5. The van der Waals surface area contributed by atoms with Crippen LogP contribution in [0.3, 0.4) is 0 Å². The molecule has 0 saturated carbocycles. The van der Waals surface area contributed by atoms with Gasteiger partial charge in [-0.05, 0) is 31.5 Å². The van der Waals surface area contributed by atoms with Crippen LogP contribution in [-0.4, -0.2) is 111 Å². The number of rotatable bonds is 13. The van der Waals surface area contributed by atoms with Crippen LogP contribution < -0.4 is 20.1 Å². The number of anilines is 3. The summed E-state index contributed by atoms with van der Waals surface area (Å²) in [5.74, 6) is 1.04. The van der Waals surface area contributed by atoms with E-state index in [9.17, 15) is 15.0 Å². The van der Waals surface area contributed by atoms with Gasteiger partial charge in [-0.2, -0.15) is 4.98 Å². The van der Waals surface area contributed by atoms with Gasteiger partial charge >= 0.3 is 0 Å². The van der Waals surface area contributed by atoms with Gasteiger partial charge in [-0.25, -0.2) is 9.97 Å². The predicted octanol–water partition coefficient (Wildman–Crippen LogP) is 3.37. The van der Waals surface area contributed by atoms with Crippen molar-refractivity contribution in [3.8, 4) is 11.5 Å². The molecule has 1 aliphatic heterocycles. The Morgan fingerprint density at radius 3 is 2.47 bits per heavy atom. The van der Waals surface area contributed by atoms with Crippen LogP contribution in [0.5, 0.6) is 11.5 Å². The van der Waals surface area contributed by atoms with Crippen molar-refractivity contribution in [2.75, 3.05) is 70.7 Å². The molecule has 1 saturated heterocycles. The van der Waals surface area contributed by atoms with Gasteiger partial charge in [0.1, 0.15) is 21.5 Å². The number of hydrogen-bond acceptors (Lipinski definition) is 11. The maximum atomic E-state index is 11.9. The number of nitrogens with zero attached hydrogens (tertiary/aromatic N) is 6. The molecule has 0 bridgehead atoms. The van der Waals surface area contributed by atoms with Crippen LogP contribution in [0.1, 0.15) is 12.1 Å². The Bertz CT molecular complexity index is 1660. The molecule has 45 heavy (non-hydrogen) atoms. The van der Waals surface area contributed by atoms with Crippen LogP contribution in [0.4, 0.5) is 17.3 Å². The van der Waals surface area contributed by atoms with E-state index in [1.54, 1.807) is 12.3 Å². The number of carbonyl (C=O) groups is 1. The number of hydrogen-bond donors (Lipinski definition) is 4. The second-order valence-electron chi connectivity index (χ2n) is 10.6. The van der Waals surface area contributed by atoms with E-state index in [2.05, 4.69) is 32.1 Å². The van der Waals surface area contributed by atoms with Crippen molar-refractivity contribution in [2.45, 2.75) is 18.9 Å². The first-order valence-electron chi connectivity index (χ1n) is 14.5. The Labute approximate surface area is 270 Å². The monoisotopic (exact) mass is 658 g/mol. The topological polar surface area (TPSA) is 150 Å². The van der Waals surface area contributed by atoms with Crippen molar-refractivity contribution in [1.82, 2.24) is 29.2 Å². The van der Waals surface area contributed by atoms with Gasteiger partial charge in [-0.15, -0.1) is 0 Å². The molecule has 0 aliphatic carbocycles. The van der Waals surface area contributed by atoms with Gasteiger partial charge in [-0.1, -0.05) is 29.8 Å². The minimum Gasteiger partial charge on any atom is -0.495 e. The van der Waals surface area contributed by atoms with Gasteiger partial charge in [0.25, 0.3) is 0 Å². The third-order valence-electron chi connectivity index (χ3n) is 7.63. The molecule has 1 fully saturated rings. The van der Waals surface area contributed by atoms with Gasteiger partial charge in [0, 0.05) is 56.6 Å². The van der Waals surface area contributed by atoms with Crippen LogP contribution in [0.15, 0.2) is 37.2 Å². The summed E-state index contributed by atoms with van der Waals surface area (Å²) in [6.07, 6.45) is 5.59. The Balaban J connectivity index is 1.46. The number of amides is 1. The number of halogens is 2. The third kappa shape index (κ3) is 7.18. The zero-order chi connectivity index (χ0) is 32.1. The molecule has 4 N–H and O–H groups in total. The summed E-state index contributed by atoms with van der Waals surface area (Å²) in [6, 6.07) is 3.48. The van der Waals surface area contributed by atoms with Crippen LogP contribution in [0.2, 0.25) is 10.0 Å². The lowest BCUT2D eigenvalue weighted by Gasteiger charge is -2.34. The highest BCUT2D eigenvalue weighted by Crippen LogP contribution is 2.45. The first kappa shape index (κ1) is 32.5. The van der Waals surface area contributed by atoms with Crippen molar-refractivity contribution < 1.29 is 24.5 Å². The summed E-state index contributed by atoms with van der Waals surface area (Å²) < 4.78 is 12.8. The molecule has 1 amide bonds. The lowest BCUT2D eigenvalue weighted by Crippen LogP contribution is -2.48. The number of nitrogens with one attached hydrogen (secondary N) is 2. The number of carbonyl (C=O) groups excluding carboxylic acids is 1. The summed E-state index contributed by atoms with van der Waals surface area (Å²) in [4.78, 5) is 30.1. The Hall–Kier alpha value is -3.88. The number of methoxy groups -OCH3 is 2. The van der Waals surface area contributed by atoms with Crippen LogP contribution in [-0.2, 0) is 11.2 Å². The zero-order valence-corrected chi connectivity index (χ0v) is 26.6. The van der Waals surface area contributed by atoms with Crippen molar-refractivity contribution in [1.29, 1.82) is 0 Å². The fourth-order valence-electron chi connectivity index (χ4n) is 5.18. The zero-order valence-electron chi connectivity index (χ0n) is 25.1. The molecule has 13 nitrogen and oxygen atoms in total. The second kappa shape index (κ2) is 14.5. The predicted molar refractivity (Wildman–Crippen MR) is 174 cm³/mol. The van der Waals surface area contributed by atoms with Crippen molar-refractivity contribution in [3.05, 3.63) is 52.9 Å². The number of benzene rings is 1. The third-order valence-corrected chi connectivity index (χ3v) is 8.38. The molecule has 1 aromatic carbocycles. The lowest BCUT2D eigenvalue weighted by atomic mass is 10.2. The van der Waals surface area contributed by atoms with Gasteiger partial charge < -0.3 is 35.2 Å². The molecule has 1 aliphatic rings. The van der Waals surface area contributed by atoms with Crippen LogP contribution in [0, 0.1) is 0 Å². The molecule has 240 valence electrons. The number of aliphatic hydroxyl groups excluding tert-OH is 2. The van der Waals surface area contributed by atoms with E-state index in [0.717, 1.165) is 31.7 Å². The van der Waals surface area contributed by atoms with Gasteiger partial charge in [0.2, 0.25) is 11.9 Å². The molecule has 4 heterocycles. The first-order chi connectivity index (χ1) is 21.8. The van der Waals surface area contributed by atoms with Gasteiger partial charge in [0.05, 0.1) is 44.0 Å². The molecule has 4 aromatic rings. The molecule has 1 unspecified atom stereocenters. The number of aliphatic hydroxyl groups is 2. The SMILES string of the molecule is C=CC(=O)N1CCN(CCCc2cn3c(n2)c(Nc2c(Cl)c(OC)cc(OC)c2Cl)cc2cnc(NCC(O)CO)nc23)CC1. The fourth-order valence-corrected chi connectivity index (χ4v) is 5.78. The minimum absolute atomic E-state index is 0.0299. The highest BCUT2D eigenvalue weighted by Gasteiger charge is 2.22. The van der Waals surface area contributed by atoms with E-state index in [4.69, 9.17) is 37.7 Å². The van der Waals surface area contributed by atoms with E-state index in [0.29, 0.717) is 65.0 Å². The van der Waals surface area contributed by atoms with Crippen molar-refractivity contribution >= 4 is 63.1 Å². The largest absolute Gasteiger partial charge is 0.495 e. The van der Waals surface area contributed by atoms with E-state index in [1.807, 2.05) is 21.6 Å². The Morgan fingerprint density at radius 2 is 1.82 bits per heavy atom. The van der Waals surface area contributed by atoms with Crippen LogP contribution in [0.25, 0.3) is 16.7 Å². The van der Waals surface area contributed by atoms with Gasteiger partial charge in [0.15, 0.2) is 11.3 Å². The summed E-state index contributed by atoms with van der Waals surface area (Å²) in [5.41, 5.74) is 3.04. The second-order valence-corrected chi connectivity index (χ2v) is 11.3. The van der Waals surface area contributed by atoms with E-state index in [-0.39, 0.29) is 29.1 Å². The first-order valence-corrected chi connectivity index (χ1v) is 15.2. The number of aromatic nitrogens is 4. The molecule has 1 atom stereocenters. The Morgan fingerprint density at radius 1 is 1.11 bits per heavy atom. The quantitative estimate of drug-likeness (QED) is 0.157. The summed E-state index contributed by atoms with van der Waals surface area (Å²) in [6.45, 7) is 7.15. The maximum absolute atomic E-state index is 11.9. The molecule has 0 radical (unpaired) electrons. The van der Waals surface area contributed by atoms with Crippen molar-refractivity contribution in [2.24, 2.45) is 0 Å². The summed E-state index contributed by atoms with van der Waals surface area (Å²) in [5, 5.41) is 26.5. The number of pyridine rings is 1. The molecular weight excluding hydrogens is 623 g/mol. The number of fused-ring (bicyclic) bond motifs is 3. The average molecular weight is 660 g/mol. The van der Waals surface area contributed by atoms with E-state index in [1.165, 1.54) is 20.3 Å².